The lowest BCUT2D eigenvalue weighted by Crippen LogP contribution is -2.38. The van der Waals surface area contributed by atoms with Gasteiger partial charge in [-0.1, -0.05) is 33.1 Å². The Morgan fingerprint density at radius 1 is 1.19 bits per heavy atom. The Bertz CT molecular complexity index is 225. The second-order valence-electron chi connectivity index (χ2n) is 6.71. The van der Waals surface area contributed by atoms with Crippen molar-refractivity contribution in [2.24, 2.45) is 17.1 Å². The average Bonchev–Trinajstić information content (AvgIpc) is 2.41. The normalized spacial score (nSPS) is 36.2. The zero-order valence-electron chi connectivity index (χ0n) is 11.0. The van der Waals surface area contributed by atoms with Gasteiger partial charge in [-0.3, -0.25) is 0 Å². The first-order valence-electron chi connectivity index (χ1n) is 7.05. The highest BCUT2D eigenvalue weighted by Crippen LogP contribution is 2.31. The van der Waals surface area contributed by atoms with Crippen molar-refractivity contribution in [1.82, 2.24) is 4.90 Å². The third kappa shape index (κ3) is 3.21. The summed E-state index contributed by atoms with van der Waals surface area (Å²) in [6.07, 6.45) is 8.11. The molecule has 2 nitrogen and oxygen atoms in total. The number of nitrogens with two attached hydrogens (primary N) is 1. The van der Waals surface area contributed by atoms with Crippen molar-refractivity contribution in [3.63, 3.8) is 0 Å². The first-order chi connectivity index (χ1) is 7.57. The molecule has 0 amide bonds. The van der Waals surface area contributed by atoms with Gasteiger partial charge in [-0.25, -0.2) is 0 Å². The van der Waals surface area contributed by atoms with E-state index in [4.69, 9.17) is 5.73 Å². The maximum absolute atomic E-state index is 6.30. The molecule has 0 radical (unpaired) electrons. The number of hydrogen-bond donors (Lipinski definition) is 1. The van der Waals surface area contributed by atoms with Crippen LogP contribution in [0.15, 0.2) is 0 Å². The Kier molecular flexibility index (Phi) is 3.91. The average molecular weight is 224 g/mol. The molecular weight excluding hydrogens is 196 g/mol. The summed E-state index contributed by atoms with van der Waals surface area (Å²) in [5, 5.41) is 0. The molecule has 2 N–H and O–H groups in total. The molecule has 0 aromatic carbocycles. The SMILES string of the molecule is CC1(C)CCN(CC2CCCCCC2N)C1. The van der Waals surface area contributed by atoms with Gasteiger partial charge >= 0.3 is 0 Å². The van der Waals surface area contributed by atoms with E-state index in [0.717, 1.165) is 5.92 Å². The highest BCUT2D eigenvalue weighted by atomic mass is 15.2. The van der Waals surface area contributed by atoms with Crippen molar-refractivity contribution in [3.05, 3.63) is 0 Å². The van der Waals surface area contributed by atoms with Crippen LogP contribution in [0.3, 0.4) is 0 Å². The van der Waals surface area contributed by atoms with E-state index in [0.29, 0.717) is 11.5 Å². The largest absolute Gasteiger partial charge is 0.327 e. The number of rotatable bonds is 2. The second-order valence-corrected chi connectivity index (χ2v) is 6.71. The lowest BCUT2D eigenvalue weighted by molar-refractivity contribution is 0.223. The van der Waals surface area contributed by atoms with E-state index < -0.39 is 0 Å². The van der Waals surface area contributed by atoms with Crippen LogP contribution in [0.4, 0.5) is 0 Å². The molecule has 2 rings (SSSR count). The molecule has 2 aliphatic rings. The standard InChI is InChI=1S/C14H28N2/c1-14(2)8-9-16(11-14)10-12-6-4-3-5-7-13(12)15/h12-13H,3-11,15H2,1-2H3. The van der Waals surface area contributed by atoms with Gasteiger partial charge in [0.2, 0.25) is 0 Å². The zero-order valence-corrected chi connectivity index (χ0v) is 11.0. The van der Waals surface area contributed by atoms with Crippen molar-refractivity contribution in [2.45, 2.75) is 58.4 Å². The summed E-state index contributed by atoms with van der Waals surface area (Å²) in [7, 11) is 0. The fourth-order valence-electron chi connectivity index (χ4n) is 3.35. The molecule has 1 saturated heterocycles. The summed E-state index contributed by atoms with van der Waals surface area (Å²) in [5.74, 6) is 0.761. The fraction of sp³-hybridized carbons (Fsp3) is 1.00. The molecule has 94 valence electrons. The Balaban J connectivity index is 1.84. The summed E-state index contributed by atoms with van der Waals surface area (Å²) in [6.45, 7) is 8.59. The van der Waals surface area contributed by atoms with Gasteiger partial charge in [0.25, 0.3) is 0 Å². The highest BCUT2D eigenvalue weighted by Gasteiger charge is 2.31. The van der Waals surface area contributed by atoms with Crippen molar-refractivity contribution < 1.29 is 0 Å². The van der Waals surface area contributed by atoms with Crippen LogP contribution in [0.2, 0.25) is 0 Å². The molecule has 2 unspecified atom stereocenters. The third-order valence-corrected chi connectivity index (χ3v) is 4.47. The second kappa shape index (κ2) is 5.05. The summed E-state index contributed by atoms with van der Waals surface area (Å²) in [4.78, 5) is 2.65. The maximum atomic E-state index is 6.30. The first kappa shape index (κ1) is 12.4. The molecular formula is C14H28N2. The number of nitrogens with zero attached hydrogens (tertiary/aromatic N) is 1. The molecule has 2 atom stereocenters. The molecule has 0 spiro atoms. The minimum absolute atomic E-state index is 0.464. The molecule has 16 heavy (non-hydrogen) atoms. The lowest BCUT2D eigenvalue weighted by Gasteiger charge is -2.27. The van der Waals surface area contributed by atoms with Crippen molar-refractivity contribution in [3.8, 4) is 0 Å². The van der Waals surface area contributed by atoms with Crippen molar-refractivity contribution >= 4 is 0 Å². The van der Waals surface area contributed by atoms with Gasteiger partial charge in [0.05, 0.1) is 0 Å². The molecule has 2 fully saturated rings. The highest BCUT2D eigenvalue weighted by molar-refractivity contribution is 4.86. The van der Waals surface area contributed by atoms with E-state index in [1.54, 1.807) is 0 Å². The summed E-state index contributed by atoms with van der Waals surface area (Å²) in [6, 6.07) is 0.464. The molecule has 1 aliphatic heterocycles. The Hall–Kier alpha value is -0.0800. The smallest absolute Gasteiger partial charge is 0.00793 e. The van der Waals surface area contributed by atoms with Crippen LogP contribution in [0.5, 0.6) is 0 Å². The van der Waals surface area contributed by atoms with Crippen LogP contribution in [0.25, 0.3) is 0 Å². The van der Waals surface area contributed by atoms with Gasteiger partial charge in [0.15, 0.2) is 0 Å². The summed E-state index contributed by atoms with van der Waals surface area (Å²) < 4.78 is 0. The van der Waals surface area contributed by atoms with Gasteiger partial charge < -0.3 is 10.6 Å². The van der Waals surface area contributed by atoms with Gasteiger partial charge in [0.1, 0.15) is 0 Å². The van der Waals surface area contributed by atoms with Crippen LogP contribution in [0, 0.1) is 11.3 Å². The molecule has 0 aromatic rings. The van der Waals surface area contributed by atoms with Crippen molar-refractivity contribution in [1.29, 1.82) is 0 Å². The van der Waals surface area contributed by atoms with Crippen molar-refractivity contribution in [2.75, 3.05) is 19.6 Å². The molecule has 1 aliphatic carbocycles. The topological polar surface area (TPSA) is 29.3 Å². The number of hydrogen-bond acceptors (Lipinski definition) is 2. The predicted molar refractivity (Wildman–Crippen MR) is 69.4 cm³/mol. The van der Waals surface area contributed by atoms with E-state index in [9.17, 15) is 0 Å². The van der Waals surface area contributed by atoms with E-state index in [2.05, 4.69) is 18.7 Å². The summed E-state index contributed by atoms with van der Waals surface area (Å²) in [5.41, 5.74) is 6.83. The minimum atomic E-state index is 0.464. The molecule has 0 aromatic heterocycles. The van der Waals surface area contributed by atoms with E-state index in [1.165, 1.54) is 58.2 Å². The molecule has 0 bridgehead atoms. The van der Waals surface area contributed by atoms with Crippen LogP contribution in [0.1, 0.15) is 52.4 Å². The molecule has 1 saturated carbocycles. The summed E-state index contributed by atoms with van der Waals surface area (Å²) >= 11 is 0. The first-order valence-corrected chi connectivity index (χ1v) is 7.05. The van der Waals surface area contributed by atoms with Crippen LogP contribution in [-0.4, -0.2) is 30.6 Å². The van der Waals surface area contributed by atoms with Crippen LogP contribution in [-0.2, 0) is 0 Å². The van der Waals surface area contributed by atoms with Gasteiger partial charge in [-0.2, -0.15) is 0 Å². The van der Waals surface area contributed by atoms with Gasteiger partial charge in [0, 0.05) is 19.1 Å². The lowest BCUT2D eigenvalue weighted by atomic mass is 9.92. The van der Waals surface area contributed by atoms with Crippen LogP contribution < -0.4 is 5.73 Å². The van der Waals surface area contributed by atoms with Gasteiger partial charge in [-0.15, -0.1) is 0 Å². The molecule has 1 heterocycles. The monoisotopic (exact) mass is 224 g/mol. The maximum Gasteiger partial charge on any atom is 0.00793 e. The van der Waals surface area contributed by atoms with E-state index in [1.807, 2.05) is 0 Å². The van der Waals surface area contributed by atoms with E-state index in [-0.39, 0.29) is 0 Å². The Morgan fingerprint density at radius 2 is 1.94 bits per heavy atom. The molecule has 2 heteroatoms. The van der Waals surface area contributed by atoms with E-state index >= 15 is 0 Å². The Morgan fingerprint density at radius 3 is 2.62 bits per heavy atom. The predicted octanol–water partition coefficient (Wildman–Crippen LogP) is 2.63. The Labute approximate surface area is 101 Å². The quantitative estimate of drug-likeness (QED) is 0.731. The third-order valence-electron chi connectivity index (χ3n) is 4.47. The van der Waals surface area contributed by atoms with Gasteiger partial charge in [-0.05, 0) is 37.1 Å². The minimum Gasteiger partial charge on any atom is -0.327 e. The van der Waals surface area contributed by atoms with Crippen LogP contribution >= 0.6 is 0 Å². The number of likely N-dealkylation sites (tertiary alicyclic amines) is 1. The zero-order chi connectivity index (χ0) is 11.6. The fourth-order valence-corrected chi connectivity index (χ4v) is 3.35.